The van der Waals surface area contributed by atoms with Crippen molar-refractivity contribution in [1.82, 2.24) is 0 Å². The van der Waals surface area contributed by atoms with Crippen molar-refractivity contribution < 1.29 is 19.0 Å². The highest BCUT2D eigenvalue weighted by Crippen LogP contribution is 2.50. The minimum atomic E-state index is -1.68. The standard InChI is InChI=1S/C23H44O4Si/c1-18-11-13-23(17-24,19(15-18)20-16-25-22(5,6)27-20)12-9-10-14-26-28(7,8)21(2,3)4/h19-20,24H,1,9-17H2,2-8H3/t19-,20+,23-/m1/s1. The molecule has 0 spiro atoms. The van der Waals surface area contributed by atoms with Gasteiger partial charge in [0.15, 0.2) is 14.1 Å². The van der Waals surface area contributed by atoms with Crippen molar-refractivity contribution in [3.8, 4) is 0 Å². The zero-order chi connectivity index (χ0) is 21.2. The number of allylic oxidation sites excluding steroid dienone is 1. The molecule has 1 heterocycles. The third-order valence-corrected chi connectivity index (χ3v) is 11.9. The minimum Gasteiger partial charge on any atom is -0.417 e. The van der Waals surface area contributed by atoms with E-state index in [0.717, 1.165) is 45.1 Å². The van der Waals surface area contributed by atoms with Gasteiger partial charge in [-0.05, 0) is 75.4 Å². The van der Waals surface area contributed by atoms with E-state index in [2.05, 4.69) is 40.4 Å². The van der Waals surface area contributed by atoms with Crippen molar-refractivity contribution in [3.63, 3.8) is 0 Å². The fraction of sp³-hybridized carbons (Fsp3) is 0.913. The molecule has 2 rings (SSSR count). The summed E-state index contributed by atoms with van der Waals surface area (Å²) in [4.78, 5) is 0. The molecule has 3 atom stereocenters. The number of unbranched alkanes of at least 4 members (excludes halogenated alkanes) is 1. The molecule has 4 nitrogen and oxygen atoms in total. The van der Waals surface area contributed by atoms with Crippen LogP contribution in [0.15, 0.2) is 12.2 Å². The molecule has 28 heavy (non-hydrogen) atoms. The first kappa shape index (κ1) is 24.1. The molecule has 0 aromatic carbocycles. The van der Waals surface area contributed by atoms with E-state index in [0.29, 0.717) is 6.61 Å². The van der Waals surface area contributed by atoms with Crippen LogP contribution >= 0.6 is 0 Å². The van der Waals surface area contributed by atoms with Gasteiger partial charge in [0.25, 0.3) is 0 Å². The molecular formula is C23H44O4Si. The number of hydrogen-bond acceptors (Lipinski definition) is 4. The van der Waals surface area contributed by atoms with E-state index in [1.54, 1.807) is 0 Å². The van der Waals surface area contributed by atoms with Crippen LogP contribution in [0.4, 0.5) is 0 Å². The monoisotopic (exact) mass is 412 g/mol. The molecular weight excluding hydrogens is 368 g/mol. The fourth-order valence-corrected chi connectivity index (χ4v) is 5.48. The molecule has 2 aliphatic rings. The second-order valence-electron chi connectivity index (χ2n) is 11.0. The molecule has 1 aliphatic carbocycles. The van der Waals surface area contributed by atoms with Gasteiger partial charge < -0.3 is 19.0 Å². The van der Waals surface area contributed by atoms with Gasteiger partial charge in [0, 0.05) is 13.2 Å². The molecule has 1 N–H and O–H groups in total. The van der Waals surface area contributed by atoms with Crippen molar-refractivity contribution in [2.45, 2.75) is 103 Å². The molecule has 0 unspecified atom stereocenters. The van der Waals surface area contributed by atoms with Crippen LogP contribution in [0.1, 0.15) is 73.1 Å². The van der Waals surface area contributed by atoms with E-state index in [1.807, 2.05) is 13.8 Å². The van der Waals surface area contributed by atoms with Crippen LogP contribution < -0.4 is 0 Å². The van der Waals surface area contributed by atoms with Crippen molar-refractivity contribution in [2.75, 3.05) is 19.8 Å². The third-order valence-electron chi connectivity index (χ3n) is 7.40. The number of ether oxygens (including phenoxy) is 2. The Morgan fingerprint density at radius 1 is 1.25 bits per heavy atom. The van der Waals surface area contributed by atoms with E-state index in [9.17, 15) is 5.11 Å². The average molecular weight is 413 g/mol. The zero-order valence-electron chi connectivity index (χ0n) is 19.4. The largest absolute Gasteiger partial charge is 0.417 e. The van der Waals surface area contributed by atoms with Crippen molar-refractivity contribution in [2.24, 2.45) is 11.3 Å². The molecule has 1 saturated heterocycles. The predicted molar refractivity (Wildman–Crippen MR) is 118 cm³/mol. The van der Waals surface area contributed by atoms with Crippen molar-refractivity contribution >= 4 is 8.32 Å². The first-order valence-electron chi connectivity index (χ1n) is 11.1. The van der Waals surface area contributed by atoms with Crippen LogP contribution in [-0.2, 0) is 13.9 Å². The highest BCUT2D eigenvalue weighted by atomic mass is 28.4. The van der Waals surface area contributed by atoms with Crippen LogP contribution in [0.3, 0.4) is 0 Å². The number of rotatable bonds is 8. The summed E-state index contributed by atoms with van der Waals surface area (Å²) in [5, 5.41) is 10.7. The van der Waals surface area contributed by atoms with Crippen LogP contribution in [0.2, 0.25) is 18.1 Å². The molecule has 0 aromatic heterocycles. The number of aliphatic hydroxyl groups is 1. The lowest BCUT2D eigenvalue weighted by molar-refractivity contribution is -0.156. The smallest absolute Gasteiger partial charge is 0.191 e. The highest BCUT2D eigenvalue weighted by molar-refractivity contribution is 6.74. The first-order valence-corrected chi connectivity index (χ1v) is 14.0. The SMILES string of the molecule is C=C1CC[C@@](CO)(CCCCO[Si](C)(C)C(C)(C)C)[C@@H]([C@@H]2COC(C)(C)O2)C1. The topological polar surface area (TPSA) is 47.9 Å². The molecule has 2 fully saturated rings. The van der Waals surface area contributed by atoms with Crippen LogP contribution in [-0.4, -0.2) is 45.1 Å². The van der Waals surface area contributed by atoms with E-state index in [1.165, 1.54) is 5.57 Å². The maximum absolute atomic E-state index is 10.4. The Balaban J connectivity index is 1.95. The van der Waals surface area contributed by atoms with Gasteiger partial charge in [0.1, 0.15) is 0 Å². The Hall–Kier alpha value is -0.203. The summed E-state index contributed by atoms with van der Waals surface area (Å²) in [6, 6.07) is 0. The van der Waals surface area contributed by atoms with Gasteiger partial charge in [0.2, 0.25) is 0 Å². The number of hydrogen-bond donors (Lipinski definition) is 1. The lowest BCUT2D eigenvalue weighted by Crippen LogP contribution is -2.45. The Kier molecular flexibility index (Phi) is 7.64. The summed E-state index contributed by atoms with van der Waals surface area (Å²) in [5.41, 5.74) is 1.19. The zero-order valence-corrected chi connectivity index (χ0v) is 20.4. The predicted octanol–water partition coefficient (Wildman–Crippen LogP) is 5.67. The molecule has 5 heteroatoms. The van der Waals surface area contributed by atoms with Gasteiger partial charge in [0.05, 0.1) is 12.7 Å². The van der Waals surface area contributed by atoms with Crippen LogP contribution in [0.5, 0.6) is 0 Å². The van der Waals surface area contributed by atoms with E-state index >= 15 is 0 Å². The summed E-state index contributed by atoms with van der Waals surface area (Å²) in [6.07, 6.45) is 6.13. The molecule has 0 bridgehead atoms. The minimum absolute atomic E-state index is 0.0441. The highest BCUT2D eigenvalue weighted by Gasteiger charge is 2.49. The Morgan fingerprint density at radius 3 is 2.46 bits per heavy atom. The quantitative estimate of drug-likeness (QED) is 0.317. The summed E-state index contributed by atoms with van der Waals surface area (Å²) in [6.45, 7) is 21.3. The second-order valence-corrected chi connectivity index (χ2v) is 15.8. The van der Waals surface area contributed by atoms with Crippen molar-refractivity contribution in [3.05, 3.63) is 12.2 Å². The van der Waals surface area contributed by atoms with E-state index in [4.69, 9.17) is 13.9 Å². The van der Waals surface area contributed by atoms with Gasteiger partial charge in [-0.15, -0.1) is 0 Å². The van der Waals surface area contributed by atoms with Gasteiger partial charge in [-0.2, -0.15) is 0 Å². The van der Waals surface area contributed by atoms with Crippen molar-refractivity contribution in [1.29, 1.82) is 0 Å². The molecule has 0 radical (unpaired) electrons. The summed E-state index contributed by atoms with van der Waals surface area (Å²) in [5.74, 6) is -0.247. The molecule has 164 valence electrons. The molecule has 0 amide bonds. The summed E-state index contributed by atoms with van der Waals surface area (Å²) < 4.78 is 18.4. The maximum Gasteiger partial charge on any atom is 0.191 e. The lowest BCUT2D eigenvalue weighted by atomic mass is 9.61. The molecule has 0 aromatic rings. The number of aliphatic hydroxyl groups excluding tert-OH is 1. The van der Waals surface area contributed by atoms with Crippen LogP contribution in [0.25, 0.3) is 0 Å². The average Bonchev–Trinajstić information content (AvgIpc) is 2.94. The summed E-state index contributed by atoms with van der Waals surface area (Å²) >= 11 is 0. The first-order chi connectivity index (χ1) is 12.8. The van der Waals surface area contributed by atoms with Gasteiger partial charge in [-0.1, -0.05) is 39.3 Å². The van der Waals surface area contributed by atoms with E-state index in [-0.39, 0.29) is 29.1 Å². The summed E-state index contributed by atoms with van der Waals surface area (Å²) in [7, 11) is -1.68. The van der Waals surface area contributed by atoms with Gasteiger partial charge in [-0.25, -0.2) is 0 Å². The molecule has 1 saturated carbocycles. The Bertz CT molecular complexity index is 537. The van der Waals surface area contributed by atoms with Gasteiger partial charge in [-0.3, -0.25) is 0 Å². The molecule has 1 aliphatic heterocycles. The van der Waals surface area contributed by atoms with Crippen LogP contribution in [0, 0.1) is 11.3 Å². The maximum atomic E-state index is 10.4. The lowest BCUT2D eigenvalue weighted by Gasteiger charge is -2.46. The Morgan fingerprint density at radius 2 is 1.93 bits per heavy atom. The second kappa shape index (κ2) is 8.89. The fourth-order valence-electron chi connectivity index (χ4n) is 4.39. The Labute approximate surface area is 174 Å². The normalized spacial score (nSPS) is 31.4. The van der Waals surface area contributed by atoms with Gasteiger partial charge >= 0.3 is 0 Å². The van der Waals surface area contributed by atoms with E-state index < -0.39 is 14.1 Å². The third kappa shape index (κ3) is 5.69.